The predicted molar refractivity (Wildman–Crippen MR) is 177 cm³/mol. The Kier molecular flexibility index (Phi) is 9.47. The highest BCUT2D eigenvalue weighted by molar-refractivity contribution is 7.99. The van der Waals surface area contributed by atoms with E-state index in [1.165, 1.54) is 11.8 Å². The maximum Gasteiger partial charge on any atom is 0.407 e. The van der Waals surface area contributed by atoms with Gasteiger partial charge in [-0.15, -0.1) is 11.8 Å². The van der Waals surface area contributed by atoms with Crippen molar-refractivity contribution in [2.24, 2.45) is 0 Å². The average molecular weight is 616 g/mol. The summed E-state index contributed by atoms with van der Waals surface area (Å²) in [4.78, 5) is 28.0. The number of carbonyl (C=O) groups is 2. The minimum Gasteiger partial charge on any atom is -0.497 e. The molecule has 1 atom stereocenters. The average Bonchev–Trinajstić information content (AvgIpc) is 3.42. The first-order valence-electron chi connectivity index (χ1n) is 14.8. The van der Waals surface area contributed by atoms with Gasteiger partial charge >= 0.3 is 12.1 Å². The zero-order chi connectivity index (χ0) is 31.0. The van der Waals surface area contributed by atoms with Crippen LogP contribution >= 0.6 is 11.8 Å². The molecule has 6 rings (SSSR count). The Labute approximate surface area is 267 Å². The molecular formula is C38H33NO5S. The van der Waals surface area contributed by atoms with Crippen molar-refractivity contribution in [3.63, 3.8) is 0 Å². The molecule has 7 heteroatoms. The summed E-state index contributed by atoms with van der Waals surface area (Å²) >= 11 is 1.43. The Morgan fingerprint density at radius 3 is 1.80 bits per heavy atom. The Bertz CT molecular complexity index is 1660. The molecule has 0 saturated carbocycles. The van der Waals surface area contributed by atoms with Crippen molar-refractivity contribution in [3.05, 3.63) is 156 Å². The van der Waals surface area contributed by atoms with E-state index in [-0.39, 0.29) is 18.3 Å². The van der Waals surface area contributed by atoms with Crippen LogP contribution in [0.15, 0.2) is 138 Å². The van der Waals surface area contributed by atoms with Gasteiger partial charge in [-0.3, -0.25) is 0 Å². The van der Waals surface area contributed by atoms with Gasteiger partial charge in [-0.2, -0.15) is 0 Å². The second-order valence-corrected chi connectivity index (χ2v) is 11.7. The highest BCUT2D eigenvalue weighted by Crippen LogP contribution is 2.44. The van der Waals surface area contributed by atoms with Gasteiger partial charge in [-0.25, -0.2) is 9.59 Å². The van der Waals surface area contributed by atoms with Crippen LogP contribution in [-0.2, 0) is 14.3 Å². The van der Waals surface area contributed by atoms with Gasteiger partial charge in [0.1, 0.15) is 18.4 Å². The number of hydrogen-bond acceptors (Lipinski definition) is 6. The number of carbonyl (C=O) groups excluding carboxylic acids is 2. The number of esters is 1. The van der Waals surface area contributed by atoms with E-state index >= 15 is 0 Å². The Balaban J connectivity index is 1.19. The molecule has 5 aromatic carbocycles. The van der Waals surface area contributed by atoms with E-state index in [9.17, 15) is 9.59 Å². The Morgan fingerprint density at radius 1 is 0.711 bits per heavy atom. The molecule has 1 amide bonds. The highest BCUT2D eigenvalue weighted by Gasteiger charge is 2.31. The van der Waals surface area contributed by atoms with Crippen molar-refractivity contribution < 1.29 is 23.8 Å². The van der Waals surface area contributed by atoms with Crippen molar-refractivity contribution in [1.29, 1.82) is 0 Å². The molecule has 0 aliphatic heterocycles. The summed E-state index contributed by atoms with van der Waals surface area (Å²) in [5.74, 6) is 0.330. The van der Waals surface area contributed by atoms with E-state index < -0.39 is 24.2 Å². The number of alkyl carbamates (subject to hydrolysis) is 1. The van der Waals surface area contributed by atoms with E-state index in [1.807, 2.05) is 109 Å². The molecule has 0 fully saturated rings. The summed E-state index contributed by atoms with van der Waals surface area (Å²) in [6.07, 6.45) is -1.32. The zero-order valence-electron chi connectivity index (χ0n) is 24.8. The molecule has 1 aliphatic carbocycles. The Hall–Kier alpha value is -5.01. The number of benzene rings is 5. The molecule has 0 spiro atoms. The van der Waals surface area contributed by atoms with Crippen molar-refractivity contribution in [1.82, 2.24) is 5.32 Å². The molecule has 0 unspecified atom stereocenters. The lowest BCUT2D eigenvalue weighted by Crippen LogP contribution is -2.44. The maximum absolute atomic E-state index is 13.8. The summed E-state index contributed by atoms with van der Waals surface area (Å²) in [5, 5.41) is 2.81. The predicted octanol–water partition coefficient (Wildman–Crippen LogP) is 8.03. The topological polar surface area (TPSA) is 73.9 Å². The van der Waals surface area contributed by atoms with Crippen LogP contribution in [0.2, 0.25) is 0 Å². The van der Waals surface area contributed by atoms with E-state index in [4.69, 9.17) is 14.2 Å². The summed E-state index contributed by atoms with van der Waals surface area (Å²) in [5.41, 5.74) is 6.19. The zero-order valence-corrected chi connectivity index (χ0v) is 25.6. The fourth-order valence-corrected chi connectivity index (χ4v) is 6.49. The molecular weight excluding hydrogens is 582 g/mol. The monoisotopic (exact) mass is 615 g/mol. The molecule has 1 aliphatic rings. The third kappa shape index (κ3) is 7.05. The quantitative estimate of drug-likeness (QED) is 0.120. The third-order valence-corrected chi connectivity index (χ3v) is 8.94. The molecule has 0 saturated heterocycles. The maximum atomic E-state index is 13.8. The van der Waals surface area contributed by atoms with E-state index in [1.54, 1.807) is 7.11 Å². The number of amides is 1. The fourth-order valence-electron chi connectivity index (χ4n) is 5.58. The summed E-state index contributed by atoms with van der Waals surface area (Å²) in [6, 6.07) is 42.1. The minimum atomic E-state index is -0.970. The fraction of sp³-hybridized carbons (Fsp3) is 0.158. The first kappa shape index (κ1) is 30.0. The second-order valence-electron chi connectivity index (χ2n) is 10.6. The van der Waals surface area contributed by atoms with E-state index in [0.29, 0.717) is 0 Å². The van der Waals surface area contributed by atoms with Gasteiger partial charge < -0.3 is 19.5 Å². The molecule has 5 aromatic rings. The van der Waals surface area contributed by atoms with Crippen LogP contribution in [0.25, 0.3) is 11.1 Å². The third-order valence-electron chi connectivity index (χ3n) is 7.84. The molecule has 1 N–H and O–H groups in total. The molecule has 226 valence electrons. The molecule has 0 radical (unpaired) electrons. The first-order valence-corrected chi connectivity index (χ1v) is 15.8. The van der Waals surface area contributed by atoms with E-state index in [0.717, 1.165) is 44.0 Å². The number of methoxy groups -OCH3 is 1. The number of fused-ring (bicyclic) bond motifs is 3. The van der Waals surface area contributed by atoms with Gasteiger partial charge in [-0.05, 0) is 57.6 Å². The number of ether oxygens (including phenoxy) is 3. The van der Waals surface area contributed by atoms with Crippen molar-refractivity contribution >= 4 is 23.8 Å². The minimum absolute atomic E-state index is 0.0947. The van der Waals surface area contributed by atoms with E-state index in [2.05, 4.69) is 29.6 Å². The van der Waals surface area contributed by atoms with Crippen molar-refractivity contribution in [3.8, 4) is 16.9 Å². The number of thioether (sulfide) groups is 1. The molecule has 0 aromatic heterocycles. The van der Waals surface area contributed by atoms with Crippen LogP contribution in [0.5, 0.6) is 5.75 Å². The number of rotatable bonds is 11. The molecule has 0 heterocycles. The lowest BCUT2D eigenvalue weighted by molar-refractivity contribution is -0.149. The van der Waals surface area contributed by atoms with Crippen LogP contribution in [0.3, 0.4) is 0 Å². The second kappa shape index (κ2) is 14.2. The largest absolute Gasteiger partial charge is 0.497 e. The van der Waals surface area contributed by atoms with Crippen molar-refractivity contribution in [2.45, 2.75) is 23.0 Å². The lowest BCUT2D eigenvalue weighted by Gasteiger charge is -2.23. The van der Waals surface area contributed by atoms with Crippen molar-refractivity contribution in [2.75, 3.05) is 19.5 Å². The van der Waals surface area contributed by atoms with Gasteiger partial charge in [-0.1, -0.05) is 109 Å². The summed E-state index contributed by atoms with van der Waals surface area (Å²) < 4.78 is 17.2. The van der Waals surface area contributed by atoms with Gasteiger partial charge in [0.25, 0.3) is 0 Å². The van der Waals surface area contributed by atoms with Gasteiger partial charge in [0.2, 0.25) is 0 Å². The normalized spacial score (nSPS) is 12.6. The summed E-state index contributed by atoms with van der Waals surface area (Å²) in [7, 11) is 1.61. The lowest BCUT2D eigenvalue weighted by atomic mass is 9.98. The van der Waals surface area contributed by atoms with Gasteiger partial charge in [0.15, 0.2) is 6.10 Å². The van der Waals surface area contributed by atoms with Crippen LogP contribution < -0.4 is 10.1 Å². The highest BCUT2D eigenvalue weighted by atomic mass is 32.2. The van der Waals surface area contributed by atoms with Gasteiger partial charge in [0, 0.05) is 16.6 Å². The van der Waals surface area contributed by atoms with Crippen LogP contribution in [-0.4, -0.2) is 37.6 Å². The smallest absolute Gasteiger partial charge is 0.407 e. The number of nitrogens with one attached hydrogen (secondary N) is 1. The molecule has 45 heavy (non-hydrogen) atoms. The number of hydrogen-bond donors (Lipinski definition) is 1. The SMILES string of the molecule is COc1ccc(SC[C@H](NC(=O)OCC2c3ccccc3-c3ccccc32)C(=O)OC(c2ccccc2)c2ccccc2)cc1. The molecule has 0 bridgehead atoms. The first-order chi connectivity index (χ1) is 22.1. The van der Waals surface area contributed by atoms with Crippen LogP contribution in [0, 0.1) is 0 Å². The van der Waals surface area contributed by atoms with Gasteiger partial charge in [0.05, 0.1) is 7.11 Å². The van der Waals surface area contributed by atoms with Crippen LogP contribution in [0.1, 0.15) is 34.3 Å². The molecule has 6 nitrogen and oxygen atoms in total. The summed E-state index contributed by atoms with van der Waals surface area (Å²) in [6.45, 7) is 0.143. The standard InChI is InChI=1S/C38H33NO5S/c1-42-28-20-22-29(23-21-28)45-25-35(37(40)44-36(26-12-4-2-5-13-26)27-14-6-3-7-15-27)39-38(41)43-24-34-32-18-10-8-16-30(32)31-17-9-11-19-33(31)34/h2-23,34-36H,24-25H2,1H3,(H,39,41)/t35-/m0/s1. The van der Waals surface area contributed by atoms with Crippen LogP contribution in [0.4, 0.5) is 4.79 Å². The Morgan fingerprint density at radius 2 is 1.24 bits per heavy atom.